The second-order valence-corrected chi connectivity index (χ2v) is 5.49. The third kappa shape index (κ3) is 3.72. The van der Waals surface area contributed by atoms with Gasteiger partial charge in [-0.1, -0.05) is 25.1 Å². The first kappa shape index (κ1) is 17.6. The maximum Gasteiger partial charge on any atom is 0.336 e. The summed E-state index contributed by atoms with van der Waals surface area (Å²) >= 11 is 0. The molecule has 0 atom stereocenters. The summed E-state index contributed by atoms with van der Waals surface area (Å²) in [5.74, 6) is -0.171. The van der Waals surface area contributed by atoms with Gasteiger partial charge in [0.2, 0.25) is 5.91 Å². The average Bonchev–Trinajstić information content (AvgIpc) is 3.06. The molecule has 3 aromatic rings. The average molecular weight is 354 g/mol. The van der Waals surface area contributed by atoms with Gasteiger partial charge in [-0.2, -0.15) is 4.98 Å². The van der Waals surface area contributed by atoms with Crippen LogP contribution in [0.15, 0.2) is 48.5 Å². The van der Waals surface area contributed by atoms with Gasteiger partial charge in [-0.25, -0.2) is 9.07 Å². The summed E-state index contributed by atoms with van der Waals surface area (Å²) < 4.78 is 21.2. The molecule has 0 unspecified atom stereocenters. The first-order valence-electron chi connectivity index (χ1n) is 8.37. The maximum absolute atomic E-state index is 14.3. The molecule has 0 radical (unpaired) electrons. The van der Waals surface area contributed by atoms with Gasteiger partial charge in [-0.3, -0.25) is 4.79 Å². The van der Waals surface area contributed by atoms with Crippen LogP contribution in [0.2, 0.25) is 0 Å². The monoisotopic (exact) mass is 354 g/mol. The van der Waals surface area contributed by atoms with Crippen LogP contribution >= 0.6 is 0 Å². The van der Waals surface area contributed by atoms with E-state index in [2.05, 4.69) is 15.4 Å². The molecule has 0 fully saturated rings. The largest absolute Gasteiger partial charge is 0.463 e. The lowest BCUT2D eigenvalue weighted by atomic mass is 10.2. The third-order valence-electron chi connectivity index (χ3n) is 3.67. The van der Waals surface area contributed by atoms with E-state index in [-0.39, 0.29) is 11.9 Å². The molecule has 1 heterocycles. The van der Waals surface area contributed by atoms with Crippen LogP contribution in [0.5, 0.6) is 6.01 Å². The van der Waals surface area contributed by atoms with Crippen molar-refractivity contribution in [3.8, 4) is 23.1 Å². The van der Waals surface area contributed by atoms with Crippen molar-refractivity contribution >= 4 is 11.6 Å². The Hall–Kier alpha value is -3.22. The zero-order valence-corrected chi connectivity index (χ0v) is 14.6. The zero-order valence-electron chi connectivity index (χ0n) is 14.6. The fourth-order valence-corrected chi connectivity index (χ4v) is 2.45. The summed E-state index contributed by atoms with van der Waals surface area (Å²) in [5.41, 5.74) is 1.58. The van der Waals surface area contributed by atoms with E-state index in [1.165, 1.54) is 10.7 Å². The highest BCUT2D eigenvalue weighted by atomic mass is 19.1. The van der Waals surface area contributed by atoms with E-state index in [1.54, 1.807) is 49.4 Å². The van der Waals surface area contributed by atoms with Gasteiger partial charge in [0.15, 0.2) is 5.82 Å². The molecule has 3 rings (SSSR count). The Kier molecular flexibility index (Phi) is 5.26. The topological polar surface area (TPSA) is 69.0 Å². The number of ether oxygens (including phenoxy) is 1. The van der Waals surface area contributed by atoms with E-state index in [4.69, 9.17) is 4.74 Å². The number of carbonyl (C=O) groups excluding carboxylic acids is 1. The smallest absolute Gasteiger partial charge is 0.336 e. The van der Waals surface area contributed by atoms with Gasteiger partial charge >= 0.3 is 6.01 Å². The van der Waals surface area contributed by atoms with E-state index in [1.807, 2.05) is 6.92 Å². The van der Waals surface area contributed by atoms with Crippen molar-refractivity contribution < 1.29 is 13.9 Å². The number of hydrogen-bond acceptors (Lipinski definition) is 4. The molecule has 0 saturated carbocycles. The lowest BCUT2D eigenvalue weighted by Crippen LogP contribution is -2.10. The van der Waals surface area contributed by atoms with Gasteiger partial charge in [0, 0.05) is 12.1 Å². The highest BCUT2D eigenvalue weighted by molar-refractivity contribution is 5.90. The van der Waals surface area contributed by atoms with Crippen LogP contribution in [-0.4, -0.2) is 27.3 Å². The highest BCUT2D eigenvalue weighted by Gasteiger charge is 2.17. The fraction of sp³-hybridized carbons (Fsp3) is 0.211. The number of halogens is 1. The van der Waals surface area contributed by atoms with E-state index in [0.29, 0.717) is 35.8 Å². The SMILES string of the molecule is CCOc1nc(-c2ccccc2F)n(-c2cccc(NC(=O)CC)c2)n1. The molecule has 1 N–H and O–H groups in total. The molecule has 2 aromatic carbocycles. The van der Waals surface area contributed by atoms with E-state index >= 15 is 0 Å². The minimum atomic E-state index is -0.403. The predicted molar refractivity (Wildman–Crippen MR) is 96.8 cm³/mol. The van der Waals surface area contributed by atoms with Crippen LogP contribution in [0.25, 0.3) is 17.1 Å². The Balaban J connectivity index is 2.08. The van der Waals surface area contributed by atoms with Crippen molar-refractivity contribution in [3.05, 3.63) is 54.3 Å². The van der Waals surface area contributed by atoms with Crippen molar-refractivity contribution in [2.24, 2.45) is 0 Å². The number of carbonyl (C=O) groups is 1. The first-order chi connectivity index (χ1) is 12.6. The standard InChI is InChI=1S/C19H19FN4O2/c1-3-17(25)21-13-8-7-9-14(12-13)24-18(22-19(23-24)26-4-2)15-10-5-6-11-16(15)20/h5-12H,3-4H2,1-2H3,(H,21,25). The summed E-state index contributed by atoms with van der Waals surface area (Å²) in [6, 6.07) is 13.6. The molecule has 6 nitrogen and oxygen atoms in total. The summed E-state index contributed by atoms with van der Waals surface area (Å²) in [5, 5.41) is 7.13. The minimum Gasteiger partial charge on any atom is -0.463 e. The molecule has 0 aliphatic carbocycles. The molecule has 26 heavy (non-hydrogen) atoms. The minimum absolute atomic E-state index is 0.0925. The lowest BCUT2D eigenvalue weighted by molar-refractivity contribution is -0.115. The van der Waals surface area contributed by atoms with Gasteiger partial charge in [0.1, 0.15) is 5.82 Å². The first-order valence-corrected chi connectivity index (χ1v) is 8.37. The molecule has 7 heteroatoms. The Morgan fingerprint density at radius 2 is 2.00 bits per heavy atom. The number of hydrogen-bond donors (Lipinski definition) is 1. The highest BCUT2D eigenvalue weighted by Crippen LogP contribution is 2.26. The lowest BCUT2D eigenvalue weighted by Gasteiger charge is -2.09. The van der Waals surface area contributed by atoms with E-state index < -0.39 is 5.82 Å². The van der Waals surface area contributed by atoms with Crippen LogP contribution in [0.3, 0.4) is 0 Å². The van der Waals surface area contributed by atoms with Crippen LogP contribution < -0.4 is 10.1 Å². The van der Waals surface area contributed by atoms with Crippen molar-refractivity contribution in [1.82, 2.24) is 14.8 Å². The molecule has 0 bridgehead atoms. The van der Waals surface area contributed by atoms with Crippen molar-refractivity contribution in [2.45, 2.75) is 20.3 Å². The van der Waals surface area contributed by atoms with Crippen molar-refractivity contribution in [3.63, 3.8) is 0 Å². The molecule has 0 aliphatic rings. The Labute approximate surface area is 150 Å². The summed E-state index contributed by atoms with van der Waals surface area (Å²) in [7, 11) is 0. The molecule has 134 valence electrons. The molecule has 0 aliphatic heterocycles. The van der Waals surface area contributed by atoms with Crippen molar-refractivity contribution in [2.75, 3.05) is 11.9 Å². The van der Waals surface area contributed by atoms with Gasteiger partial charge in [0.05, 0.1) is 17.9 Å². The van der Waals surface area contributed by atoms with Gasteiger partial charge in [-0.05, 0) is 37.3 Å². The number of nitrogens with one attached hydrogen (secondary N) is 1. The summed E-state index contributed by atoms with van der Waals surface area (Å²) in [6.45, 7) is 4.00. The summed E-state index contributed by atoms with van der Waals surface area (Å²) in [6.07, 6.45) is 0.377. The predicted octanol–water partition coefficient (Wildman–Crippen LogP) is 3.82. The number of aromatic nitrogens is 3. The molecule has 1 amide bonds. The van der Waals surface area contributed by atoms with Gasteiger partial charge < -0.3 is 10.1 Å². The quantitative estimate of drug-likeness (QED) is 0.731. The summed E-state index contributed by atoms with van der Waals surface area (Å²) in [4.78, 5) is 16.0. The third-order valence-corrected chi connectivity index (χ3v) is 3.67. The van der Waals surface area contributed by atoms with E-state index in [0.717, 1.165) is 0 Å². The fourth-order valence-electron chi connectivity index (χ4n) is 2.45. The second kappa shape index (κ2) is 7.77. The van der Waals surface area contributed by atoms with Crippen LogP contribution in [0, 0.1) is 5.82 Å². The van der Waals surface area contributed by atoms with Crippen LogP contribution in [0.1, 0.15) is 20.3 Å². The van der Waals surface area contributed by atoms with Crippen LogP contribution in [0.4, 0.5) is 10.1 Å². The normalized spacial score (nSPS) is 10.6. The zero-order chi connectivity index (χ0) is 18.5. The molecule has 1 aromatic heterocycles. The Morgan fingerprint density at radius 1 is 1.19 bits per heavy atom. The molecule has 0 saturated heterocycles. The Bertz CT molecular complexity index is 923. The van der Waals surface area contributed by atoms with Gasteiger partial charge in [0.25, 0.3) is 0 Å². The number of amides is 1. The van der Waals surface area contributed by atoms with Crippen LogP contribution in [-0.2, 0) is 4.79 Å². The second-order valence-electron chi connectivity index (χ2n) is 5.49. The molecular weight excluding hydrogens is 335 g/mol. The number of benzene rings is 2. The van der Waals surface area contributed by atoms with Crippen molar-refractivity contribution in [1.29, 1.82) is 0 Å². The van der Waals surface area contributed by atoms with E-state index in [9.17, 15) is 9.18 Å². The number of anilines is 1. The molecular formula is C19H19FN4O2. The Morgan fingerprint density at radius 3 is 2.73 bits per heavy atom. The number of rotatable bonds is 6. The maximum atomic E-state index is 14.3. The molecule has 0 spiro atoms. The van der Waals surface area contributed by atoms with Gasteiger partial charge in [-0.15, -0.1) is 5.10 Å². The number of nitrogens with zero attached hydrogens (tertiary/aromatic N) is 3.